The molecular formula is C16H20FNO2. The molecule has 0 unspecified atom stereocenters. The molecule has 1 saturated heterocycles. The lowest BCUT2D eigenvalue weighted by Crippen LogP contribution is -2.36. The molecule has 108 valence electrons. The van der Waals surface area contributed by atoms with Gasteiger partial charge < -0.3 is 9.64 Å². The molecule has 1 heterocycles. The van der Waals surface area contributed by atoms with Gasteiger partial charge in [0.1, 0.15) is 5.82 Å². The van der Waals surface area contributed by atoms with Gasteiger partial charge in [0.2, 0.25) is 5.91 Å². The molecular weight excluding hydrogens is 257 g/mol. The predicted octanol–water partition coefficient (Wildman–Crippen LogP) is 2.83. The summed E-state index contributed by atoms with van der Waals surface area (Å²) in [6.45, 7) is 6.70. The fraction of sp³-hybridized carbons (Fsp3) is 0.438. The largest absolute Gasteiger partial charge is 0.376 e. The van der Waals surface area contributed by atoms with Crippen molar-refractivity contribution in [3.63, 3.8) is 0 Å². The monoisotopic (exact) mass is 277 g/mol. The molecule has 0 saturated carbocycles. The van der Waals surface area contributed by atoms with E-state index >= 15 is 0 Å². The number of carbonyl (C=O) groups excluding carboxylic acids is 1. The van der Waals surface area contributed by atoms with Gasteiger partial charge in [-0.25, -0.2) is 4.39 Å². The van der Waals surface area contributed by atoms with E-state index < -0.39 is 0 Å². The Morgan fingerprint density at radius 3 is 3.05 bits per heavy atom. The number of ether oxygens (including phenoxy) is 1. The third-order valence-corrected chi connectivity index (χ3v) is 3.57. The minimum absolute atomic E-state index is 0.0479. The van der Waals surface area contributed by atoms with E-state index in [2.05, 4.69) is 6.58 Å². The molecule has 1 aromatic rings. The smallest absolute Gasteiger partial charge is 0.246 e. The SMILES string of the molecule is C=CC(=O)N(Cc1cccc(C)c1F)C[C@H]1CCCO1. The first-order chi connectivity index (χ1) is 9.61. The first-order valence-corrected chi connectivity index (χ1v) is 6.88. The van der Waals surface area contributed by atoms with E-state index in [9.17, 15) is 9.18 Å². The number of amides is 1. The first-order valence-electron chi connectivity index (χ1n) is 6.88. The third-order valence-electron chi connectivity index (χ3n) is 3.57. The molecule has 1 aliphatic heterocycles. The Balaban J connectivity index is 2.12. The molecule has 2 rings (SSSR count). The summed E-state index contributed by atoms with van der Waals surface area (Å²) in [7, 11) is 0. The quantitative estimate of drug-likeness (QED) is 0.775. The summed E-state index contributed by atoms with van der Waals surface area (Å²) in [5, 5.41) is 0. The van der Waals surface area contributed by atoms with E-state index in [0.717, 1.165) is 19.4 Å². The fourth-order valence-corrected chi connectivity index (χ4v) is 2.43. The molecule has 0 spiro atoms. The average Bonchev–Trinajstić information content (AvgIpc) is 2.95. The Labute approximate surface area is 119 Å². The number of hydrogen-bond donors (Lipinski definition) is 0. The number of aryl methyl sites for hydroxylation is 1. The second kappa shape index (κ2) is 6.66. The Kier molecular flexibility index (Phi) is 4.90. The van der Waals surface area contributed by atoms with Crippen LogP contribution in [0.25, 0.3) is 0 Å². The van der Waals surface area contributed by atoms with Gasteiger partial charge in [0.25, 0.3) is 0 Å². The topological polar surface area (TPSA) is 29.5 Å². The van der Waals surface area contributed by atoms with Crippen LogP contribution in [0.1, 0.15) is 24.0 Å². The summed E-state index contributed by atoms with van der Waals surface area (Å²) < 4.78 is 19.6. The summed E-state index contributed by atoms with van der Waals surface area (Å²) in [5.41, 5.74) is 1.11. The van der Waals surface area contributed by atoms with Crippen molar-refractivity contribution in [3.05, 3.63) is 47.8 Å². The number of rotatable bonds is 5. The Morgan fingerprint density at radius 2 is 2.40 bits per heavy atom. The molecule has 1 fully saturated rings. The van der Waals surface area contributed by atoms with Gasteiger partial charge in [0, 0.05) is 25.3 Å². The molecule has 3 nitrogen and oxygen atoms in total. The standard InChI is InChI=1S/C16H20FNO2/c1-3-15(19)18(11-14-8-5-9-20-14)10-13-7-4-6-12(2)16(13)17/h3-4,6-7,14H,1,5,8-11H2,2H3/t14-/m1/s1. The van der Waals surface area contributed by atoms with Crippen molar-refractivity contribution in [2.24, 2.45) is 0 Å². The number of halogens is 1. The van der Waals surface area contributed by atoms with Crippen molar-refractivity contribution >= 4 is 5.91 Å². The predicted molar refractivity (Wildman–Crippen MR) is 75.7 cm³/mol. The van der Waals surface area contributed by atoms with Crippen molar-refractivity contribution in [2.45, 2.75) is 32.4 Å². The summed E-state index contributed by atoms with van der Waals surface area (Å²) in [6, 6.07) is 5.23. The van der Waals surface area contributed by atoms with Gasteiger partial charge in [-0.15, -0.1) is 0 Å². The number of hydrogen-bond acceptors (Lipinski definition) is 2. The third kappa shape index (κ3) is 3.45. The zero-order valence-corrected chi connectivity index (χ0v) is 11.8. The highest BCUT2D eigenvalue weighted by atomic mass is 19.1. The molecule has 1 aromatic carbocycles. The fourth-order valence-electron chi connectivity index (χ4n) is 2.43. The highest BCUT2D eigenvalue weighted by molar-refractivity contribution is 5.87. The lowest BCUT2D eigenvalue weighted by molar-refractivity contribution is -0.128. The summed E-state index contributed by atoms with van der Waals surface area (Å²) in [6.07, 6.45) is 3.27. The average molecular weight is 277 g/mol. The summed E-state index contributed by atoms with van der Waals surface area (Å²) in [4.78, 5) is 13.5. The molecule has 1 atom stereocenters. The van der Waals surface area contributed by atoms with E-state index in [1.807, 2.05) is 0 Å². The zero-order chi connectivity index (χ0) is 14.5. The van der Waals surface area contributed by atoms with Gasteiger partial charge in [-0.2, -0.15) is 0 Å². The van der Waals surface area contributed by atoms with E-state index in [1.165, 1.54) is 6.08 Å². The van der Waals surface area contributed by atoms with Crippen LogP contribution in [-0.4, -0.2) is 30.1 Å². The minimum Gasteiger partial charge on any atom is -0.376 e. The maximum Gasteiger partial charge on any atom is 0.246 e. The zero-order valence-electron chi connectivity index (χ0n) is 11.8. The molecule has 0 radical (unpaired) electrons. The Hall–Kier alpha value is -1.68. The van der Waals surface area contributed by atoms with Crippen molar-refractivity contribution in [2.75, 3.05) is 13.2 Å². The second-order valence-corrected chi connectivity index (χ2v) is 5.11. The highest BCUT2D eigenvalue weighted by Crippen LogP contribution is 2.18. The molecule has 0 aromatic heterocycles. The van der Waals surface area contributed by atoms with Gasteiger partial charge in [-0.3, -0.25) is 4.79 Å². The van der Waals surface area contributed by atoms with Crippen LogP contribution < -0.4 is 0 Å². The summed E-state index contributed by atoms with van der Waals surface area (Å²) in [5.74, 6) is -0.442. The van der Waals surface area contributed by atoms with E-state index in [1.54, 1.807) is 30.0 Å². The highest BCUT2D eigenvalue weighted by Gasteiger charge is 2.22. The van der Waals surface area contributed by atoms with Crippen LogP contribution in [0, 0.1) is 12.7 Å². The molecule has 4 heteroatoms. The maximum atomic E-state index is 14.0. The van der Waals surface area contributed by atoms with Gasteiger partial charge in [-0.05, 0) is 31.4 Å². The van der Waals surface area contributed by atoms with E-state index in [0.29, 0.717) is 17.7 Å². The van der Waals surface area contributed by atoms with Crippen molar-refractivity contribution < 1.29 is 13.9 Å². The van der Waals surface area contributed by atoms with Crippen LogP contribution >= 0.6 is 0 Å². The van der Waals surface area contributed by atoms with Gasteiger partial charge in [0.05, 0.1) is 6.10 Å². The normalized spacial score (nSPS) is 18.0. The van der Waals surface area contributed by atoms with Crippen LogP contribution in [0.5, 0.6) is 0 Å². The van der Waals surface area contributed by atoms with E-state index in [4.69, 9.17) is 4.74 Å². The maximum absolute atomic E-state index is 14.0. The summed E-state index contributed by atoms with van der Waals surface area (Å²) >= 11 is 0. The lowest BCUT2D eigenvalue weighted by Gasteiger charge is -2.24. The molecule has 1 amide bonds. The van der Waals surface area contributed by atoms with Crippen molar-refractivity contribution in [3.8, 4) is 0 Å². The number of nitrogens with zero attached hydrogens (tertiary/aromatic N) is 1. The Morgan fingerprint density at radius 1 is 1.60 bits per heavy atom. The molecule has 0 bridgehead atoms. The first kappa shape index (κ1) is 14.7. The van der Waals surface area contributed by atoms with Crippen LogP contribution in [0.4, 0.5) is 4.39 Å². The molecule has 0 aliphatic carbocycles. The van der Waals surface area contributed by atoms with Crippen LogP contribution in [0.15, 0.2) is 30.9 Å². The molecule has 20 heavy (non-hydrogen) atoms. The van der Waals surface area contributed by atoms with Crippen LogP contribution in [0.2, 0.25) is 0 Å². The van der Waals surface area contributed by atoms with Gasteiger partial charge in [-0.1, -0.05) is 24.8 Å². The van der Waals surface area contributed by atoms with Crippen molar-refractivity contribution in [1.82, 2.24) is 4.90 Å². The number of carbonyl (C=O) groups is 1. The van der Waals surface area contributed by atoms with E-state index in [-0.39, 0.29) is 24.4 Å². The second-order valence-electron chi connectivity index (χ2n) is 5.11. The van der Waals surface area contributed by atoms with Gasteiger partial charge in [0.15, 0.2) is 0 Å². The lowest BCUT2D eigenvalue weighted by atomic mass is 10.1. The molecule has 0 N–H and O–H groups in total. The minimum atomic E-state index is -0.248. The van der Waals surface area contributed by atoms with Crippen LogP contribution in [-0.2, 0) is 16.1 Å². The number of benzene rings is 1. The Bertz CT molecular complexity index is 495. The van der Waals surface area contributed by atoms with Crippen molar-refractivity contribution in [1.29, 1.82) is 0 Å². The van der Waals surface area contributed by atoms with Crippen LogP contribution in [0.3, 0.4) is 0 Å². The van der Waals surface area contributed by atoms with Gasteiger partial charge >= 0.3 is 0 Å². The molecule has 1 aliphatic rings.